The van der Waals surface area contributed by atoms with E-state index in [2.05, 4.69) is 0 Å². The second-order valence-electron chi connectivity index (χ2n) is 8.42. The van der Waals surface area contributed by atoms with E-state index in [4.69, 9.17) is 33.2 Å². The van der Waals surface area contributed by atoms with Crippen molar-refractivity contribution in [3.63, 3.8) is 0 Å². The monoisotopic (exact) mass is 546 g/mol. The lowest BCUT2D eigenvalue weighted by molar-refractivity contribution is -0.157. The van der Waals surface area contributed by atoms with Gasteiger partial charge in [0.05, 0.1) is 20.8 Å². The van der Waals surface area contributed by atoms with Crippen LogP contribution >= 0.6 is 0 Å². The van der Waals surface area contributed by atoms with Crippen molar-refractivity contribution in [3.05, 3.63) is 47.5 Å². The van der Waals surface area contributed by atoms with E-state index in [0.29, 0.717) is 36.5 Å². The van der Waals surface area contributed by atoms with Crippen molar-refractivity contribution >= 4 is 23.9 Å². The van der Waals surface area contributed by atoms with E-state index in [-0.39, 0.29) is 24.1 Å². The molecule has 39 heavy (non-hydrogen) atoms. The summed E-state index contributed by atoms with van der Waals surface area (Å²) in [7, 11) is 2.88. The number of esters is 4. The van der Waals surface area contributed by atoms with Crippen molar-refractivity contribution in [2.24, 2.45) is 0 Å². The Morgan fingerprint density at radius 1 is 0.718 bits per heavy atom. The summed E-state index contributed by atoms with van der Waals surface area (Å²) >= 11 is 0. The van der Waals surface area contributed by atoms with Crippen LogP contribution in [-0.2, 0) is 39.8 Å². The standard InChI is InChI=1S/C28H34O11/c1-17(29)35-13-7-8-21-9-11-24(25(14-21)33-5)39-27(16-36-18(2)30)28(38-20(4)32)22-10-12-23(37-19(3)31)26(15-22)34-6/h9-12,14-15,27-28H,7-8,13,16H2,1-6H3/t27-,28-/m1/s1. The first-order chi connectivity index (χ1) is 18.5. The van der Waals surface area contributed by atoms with Crippen LogP contribution in [0.2, 0.25) is 0 Å². The van der Waals surface area contributed by atoms with Crippen LogP contribution < -0.4 is 18.9 Å². The molecule has 0 amide bonds. The predicted molar refractivity (Wildman–Crippen MR) is 138 cm³/mol. The highest BCUT2D eigenvalue weighted by Gasteiger charge is 2.31. The number of hydrogen-bond acceptors (Lipinski definition) is 11. The van der Waals surface area contributed by atoms with Gasteiger partial charge in [-0.25, -0.2) is 0 Å². The summed E-state index contributed by atoms with van der Waals surface area (Å²) in [5.74, 6) is -0.902. The minimum absolute atomic E-state index is 0.179. The predicted octanol–water partition coefficient (Wildman–Crippen LogP) is 3.74. The van der Waals surface area contributed by atoms with Gasteiger partial charge in [-0.2, -0.15) is 0 Å². The zero-order valence-electron chi connectivity index (χ0n) is 22.9. The fourth-order valence-corrected chi connectivity index (χ4v) is 3.64. The number of hydrogen-bond donors (Lipinski definition) is 0. The average molecular weight is 547 g/mol. The SMILES string of the molecule is COc1cc([C@@H](OC(C)=O)[C@@H](COC(C)=O)Oc2ccc(CCCOC(C)=O)cc2OC)ccc1OC(C)=O. The molecule has 0 aliphatic heterocycles. The van der Waals surface area contributed by atoms with Gasteiger partial charge in [0.15, 0.2) is 35.2 Å². The normalized spacial score (nSPS) is 11.9. The molecule has 2 atom stereocenters. The molecular formula is C28H34O11. The second-order valence-corrected chi connectivity index (χ2v) is 8.42. The highest BCUT2D eigenvalue weighted by atomic mass is 16.6. The lowest BCUT2D eigenvalue weighted by Gasteiger charge is -2.28. The number of carbonyl (C=O) groups excluding carboxylic acids is 4. The summed E-state index contributed by atoms with van der Waals surface area (Å²) < 4.78 is 38.1. The van der Waals surface area contributed by atoms with E-state index >= 15 is 0 Å². The van der Waals surface area contributed by atoms with Crippen LogP contribution in [0.4, 0.5) is 0 Å². The van der Waals surface area contributed by atoms with E-state index in [1.54, 1.807) is 24.3 Å². The van der Waals surface area contributed by atoms with Crippen LogP contribution in [-0.4, -0.2) is 57.4 Å². The van der Waals surface area contributed by atoms with Crippen molar-refractivity contribution in [1.82, 2.24) is 0 Å². The Balaban J connectivity index is 2.41. The summed E-state index contributed by atoms with van der Waals surface area (Å²) in [6.07, 6.45) is -0.788. The highest BCUT2D eigenvalue weighted by Crippen LogP contribution is 2.36. The van der Waals surface area contributed by atoms with E-state index in [1.807, 2.05) is 6.07 Å². The number of rotatable bonds is 14. The molecule has 0 bridgehead atoms. The molecule has 0 aliphatic rings. The highest BCUT2D eigenvalue weighted by molar-refractivity contribution is 5.70. The summed E-state index contributed by atoms with van der Waals surface area (Å²) in [6, 6.07) is 9.92. The van der Waals surface area contributed by atoms with Crippen molar-refractivity contribution in [1.29, 1.82) is 0 Å². The first kappa shape index (κ1) is 30.9. The van der Waals surface area contributed by atoms with Gasteiger partial charge >= 0.3 is 23.9 Å². The Kier molecular flexibility index (Phi) is 12.1. The Bertz CT molecular complexity index is 1160. The molecule has 0 heterocycles. The smallest absolute Gasteiger partial charge is 0.308 e. The number of methoxy groups -OCH3 is 2. The molecule has 11 nitrogen and oxygen atoms in total. The van der Waals surface area contributed by atoms with Gasteiger partial charge in [0.25, 0.3) is 0 Å². The quantitative estimate of drug-likeness (QED) is 0.148. The molecule has 11 heteroatoms. The number of aryl methyl sites for hydroxylation is 1. The van der Waals surface area contributed by atoms with Gasteiger partial charge in [0.1, 0.15) is 6.61 Å². The molecule has 0 saturated heterocycles. The Hall–Kier alpha value is -4.28. The maximum Gasteiger partial charge on any atom is 0.308 e. The van der Waals surface area contributed by atoms with Gasteiger partial charge in [-0.1, -0.05) is 12.1 Å². The molecule has 212 valence electrons. The Morgan fingerprint density at radius 3 is 1.95 bits per heavy atom. The minimum atomic E-state index is -1.05. The van der Waals surface area contributed by atoms with Gasteiger partial charge in [-0.05, 0) is 42.7 Å². The summed E-state index contributed by atoms with van der Waals surface area (Å²) in [5.41, 5.74) is 1.36. The van der Waals surface area contributed by atoms with Crippen molar-refractivity contribution in [2.45, 2.75) is 52.7 Å². The third kappa shape index (κ3) is 10.2. The Labute approximate surface area is 227 Å². The molecule has 2 aromatic rings. The molecule has 2 aromatic carbocycles. The number of carbonyl (C=O) groups is 4. The van der Waals surface area contributed by atoms with E-state index in [1.165, 1.54) is 48.0 Å². The van der Waals surface area contributed by atoms with Gasteiger partial charge in [-0.3, -0.25) is 19.2 Å². The molecule has 0 saturated carbocycles. The van der Waals surface area contributed by atoms with Crippen molar-refractivity contribution < 1.29 is 52.3 Å². The molecule has 0 unspecified atom stereocenters. The van der Waals surface area contributed by atoms with E-state index < -0.39 is 30.1 Å². The van der Waals surface area contributed by atoms with E-state index in [0.717, 1.165) is 5.56 Å². The maximum atomic E-state index is 12.1. The largest absolute Gasteiger partial charge is 0.493 e. The topological polar surface area (TPSA) is 133 Å². The molecule has 2 rings (SSSR count). The molecule has 0 fully saturated rings. The zero-order valence-corrected chi connectivity index (χ0v) is 22.9. The average Bonchev–Trinajstić information content (AvgIpc) is 2.87. The van der Waals surface area contributed by atoms with Crippen LogP contribution in [0, 0.1) is 0 Å². The zero-order chi connectivity index (χ0) is 28.9. The van der Waals surface area contributed by atoms with Gasteiger partial charge in [0.2, 0.25) is 0 Å². The fourth-order valence-electron chi connectivity index (χ4n) is 3.64. The van der Waals surface area contributed by atoms with Gasteiger partial charge in [0, 0.05) is 33.3 Å². The fraction of sp³-hybridized carbons (Fsp3) is 0.429. The molecular weight excluding hydrogens is 512 g/mol. The van der Waals surface area contributed by atoms with Crippen LogP contribution in [0.3, 0.4) is 0 Å². The van der Waals surface area contributed by atoms with Gasteiger partial charge < -0.3 is 33.2 Å². The van der Waals surface area contributed by atoms with Crippen LogP contribution in [0.1, 0.15) is 51.3 Å². The number of ether oxygens (including phenoxy) is 7. The summed E-state index contributed by atoms with van der Waals surface area (Å²) in [5, 5.41) is 0. The maximum absolute atomic E-state index is 12.1. The van der Waals surface area contributed by atoms with Crippen molar-refractivity contribution in [2.75, 3.05) is 27.4 Å². The summed E-state index contributed by atoms with van der Waals surface area (Å²) in [4.78, 5) is 46.2. The third-order valence-electron chi connectivity index (χ3n) is 5.27. The van der Waals surface area contributed by atoms with Crippen LogP contribution in [0.15, 0.2) is 36.4 Å². The van der Waals surface area contributed by atoms with Gasteiger partial charge in [-0.15, -0.1) is 0 Å². The number of benzene rings is 2. The van der Waals surface area contributed by atoms with Crippen LogP contribution in [0.5, 0.6) is 23.0 Å². The molecule has 0 spiro atoms. The molecule has 0 radical (unpaired) electrons. The first-order valence-corrected chi connectivity index (χ1v) is 12.2. The molecule has 0 aliphatic carbocycles. The molecule has 0 N–H and O–H groups in total. The lowest BCUT2D eigenvalue weighted by atomic mass is 10.0. The lowest BCUT2D eigenvalue weighted by Crippen LogP contribution is -2.34. The first-order valence-electron chi connectivity index (χ1n) is 12.2. The Morgan fingerprint density at radius 2 is 1.36 bits per heavy atom. The molecule has 0 aromatic heterocycles. The van der Waals surface area contributed by atoms with E-state index in [9.17, 15) is 19.2 Å². The third-order valence-corrected chi connectivity index (χ3v) is 5.27. The second kappa shape index (κ2) is 15.2. The summed E-state index contributed by atoms with van der Waals surface area (Å²) in [6.45, 7) is 5.15. The minimum Gasteiger partial charge on any atom is -0.493 e. The van der Waals surface area contributed by atoms with Crippen LogP contribution in [0.25, 0.3) is 0 Å². The van der Waals surface area contributed by atoms with Crippen molar-refractivity contribution in [3.8, 4) is 23.0 Å².